The van der Waals surface area contributed by atoms with E-state index in [2.05, 4.69) is 4.98 Å². The zero-order chi connectivity index (χ0) is 8.27. The Morgan fingerprint density at radius 2 is 2.45 bits per heavy atom. The third-order valence-corrected chi connectivity index (χ3v) is 1.44. The molecule has 0 amide bonds. The van der Waals surface area contributed by atoms with Crippen molar-refractivity contribution in [2.75, 3.05) is 0 Å². The van der Waals surface area contributed by atoms with Crippen molar-refractivity contribution >= 4 is 17.4 Å². The molecule has 0 fully saturated rings. The second kappa shape index (κ2) is 3.49. The lowest BCUT2D eigenvalue weighted by atomic mass is 10.2. The third kappa shape index (κ3) is 2.68. The van der Waals surface area contributed by atoms with Crippen LogP contribution in [0.4, 0.5) is 0 Å². The van der Waals surface area contributed by atoms with Gasteiger partial charge in [0.1, 0.15) is 5.78 Å². The van der Waals surface area contributed by atoms with Crippen molar-refractivity contribution in [3.05, 3.63) is 29.0 Å². The Morgan fingerprint density at radius 3 is 3.00 bits per heavy atom. The Morgan fingerprint density at radius 1 is 1.73 bits per heavy atom. The van der Waals surface area contributed by atoms with E-state index in [0.29, 0.717) is 11.4 Å². The fraction of sp³-hybridized carbons (Fsp3) is 0.250. The number of Topliss-reactive ketones (excluding diaryl/α,β-unsaturated/α-hetero) is 1. The van der Waals surface area contributed by atoms with Crippen LogP contribution < -0.4 is 0 Å². The van der Waals surface area contributed by atoms with E-state index in [4.69, 9.17) is 11.6 Å². The largest absolute Gasteiger partial charge is 0.300 e. The number of hydrogen-bond acceptors (Lipinski definition) is 2. The number of carbonyl (C=O) groups is 1. The summed E-state index contributed by atoms with van der Waals surface area (Å²) in [6.45, 7) is 1.53. The van der Waals surface area contributed by atoms with Crippen LogP contribution in [0.2, 0.25) is 5.02 Å². The Labute approximate surface area is 70.2 Å². The average molecular weight is 170 g/mol. The van der Waals surface area contributed by atoms with Gasteiger partial charge in [-0.1, -0.05) is 11.6 Å². The molecule has 1 rings (SSSR count). The maximum atomic E-state index is 10.6. The van der Waals surface area contributed by atoms with Crippen LogP contribution >= 0.6 is 11.6 Å². The summed E-state index contributed by atoms with van der Waals surface area (Å²) in [5.41, 5.74) is 0.727. The summed E-state index contributed by atoms with van der Waals surface area (Å²) in [4.78, 5) is 14.6. The van der Waals surface area contributed by atoms with Gasteiger partial charge in [0.25, 0.3) is 0 Å². The van der Waals surface area contributed by atoms with E-state index in [-0.39, 0.29) is 5.78 Å². The predicted molar refractivity (Wildman–Crippen MR) is 43.6 cm³/mol. The highest BCUT2D eigenvalue weighted by molar-refractivity contribution is 6.30. The quantitative estimate of drug-likeness (QED) is 0.677. The first-order valence-electron chi connectivity index (χ1n) is 3.28. The molecule has 1 heterocycles. The van der Waals surface area contributed by atoms with Crippen molar-refractivity contribution in [1.82, 2.24) is 4.98 Å². The van der Waals surface area contributed by atoms with E-state index in [1.54, 1.807) is 18.3 Å². The van der Waals surface area contributed by atoms with E-state index in [0.717, 1.165) is 5.69 Å². The van der Waals surface area contributed by atoms with Crippen LogP contribution in [0.3, 0.4) is 0 Å². The molecule has 0 radical (unpaired) electrons. The molecule has 0 N–H and O–H groups in total. The highest BCUT2D eigenvalue weighted by atomic mass is 35.5. The molecule has 0 aliphatic carbocycles. The first-order chi connectivity index (χ1) is 5.18. The number of carbonyl (C=O) groups excluding carboxylic acids is 1. The summed E-state index contributed by atoms with van der Waals surface area (Å²) >= 11 is 5.68. The average Bonchev–Trinajstić information content (AvgIpc) is 1.85. The fourth-order valence-electron chi connectivity index (χ4n) is 0.800. The van der Waals surface area contributed by atoms with Crippen molar-refractivity contribution in [2.45, 2.75) is 13.3 Å². The lowest BCUT2D eigenvalue weighted by Gasteiger charge is -1.95. The van der Waals surface area contributed by atoms with E-state index in [1.165, 1.54) is 6.92 Å². The number of hydrogen-bond donors (Lipinski definition) is 0. The molecule has 0 saturated carbocycles. The van der Waals surface area contributed by atoms with Crippen LogP contribution in [0.1, 0.15) is 12.6 Å². The highest BCUT2D eigenvalue weighted by Crippen LogP contribution is 2.08. The number of aromatic nitrogens is 1. The van der Waals surface area contributed by atoms with Gasteiger partial charge < -0.3 is 0 Å². The maximum absolute atomic E-state index is 10.6. The third-order valence-electron chi connectivity index (χ3n) is 1.21. The molecule has 0 bridgehead atoms. The van der Waals surface area contributed by atoms with Gasteiger partial charge in [-0.3, -0.25) is 9.78 Å². The van der Waals surface area contributed by atoms with Gasteiger partial charge in [0, 0.05) is 23.3 Å². The zero-order valence-electron chi connectivity index (χ0n) is 6.17. The van der Waals surface area contributed by atoms with Gasteiger partial charge in [0.15, 0.2) is 0 Å². The highest BCUT2D eigenvalue weighted by Gasteiger charge is 1.98. The summed E-state index contributed by atoms with van der Waals surface area (Å²) in [5.74, 6) is 0.0970. The molecule has 0 atom stereocenters. The topological polar surface area (TPSA) is 30.0 Å². The second-order valence-electron chi connectivity index (χ2n) is 2.34. The zero-order valence-corrected chi connectivity index (χ0v) is 6.93. The first-order valence-corrected chi connectivity index (χ1v) is 3.66. The predicted octanol–water partition coefficient (Wildman–Crippen LogP) is 1.87. The second-order valence-corrected chi connectivity index (χ2v) is 2.78. The molecular formula is C8H8ClNO. The molecule has 1 aromatic rings. The molecule has 0 spiro atoms. The minimum atomic E-state index is 0.0970. The Bertz CT molecular complexity index is 273. The van der Waals surface area contributed by atoms with E-state index >= 15 is 0 Å². The van der Waals surface area contributed by atoms with Gasteiger partial charge in [-0.15, -0.1) is 0 Å². The number of ketones is 1. The lowest BCUT2D eigenvalue weighted by molar-refractivity contribution is -0.116. The van der Waals surface area contributed by atoms with Crippen LogP contribution in [0, 0.1) is 0 Å². The van der Waals surface area contributed by atoms with E-state index in [9.17, 15) is 4.79 Å². The van der Waals surface area contributed by atoms with Crippen molar-refractivity contribution in [3.8, 4) is 0 Å². The number of halogens is 1. The SMILES string of the molecule is CC(=O)Cc1cc(Cl)ccn1. The maximum Gasteiger partial charge on any atom is 0.135 e. The number of rotatable bonds is 2. The molecule has 0 unspecified atom stereocenters. The Kier molecular flexibility index (Phi) is 2.60. The summed E-state index contributed by atoms with van der Waals surface area (Å²) < 4.78 is 0. The van der Waals surface area contributed by atoms with Gasteiger partial charge in [-0.05, 0) is 19.1 Å². The monoisotopic (exact) mass is 169 g/mol. The van der Waals surface area contributed by atoms with E-state index < -0.39 is 0 Å². The normalized spacial score (nSPS) is 9.64. The molecule has 58 valence electrons. The Hall–Kier alpha value is -0.890. The standard InChI is InChI=1S/C8H8ClNO/c1-6(11)4-8-5-7(9)2-3-10-8/h2-3,5H,4H2,1H3. The first kappa shape index (κ1) is 8.21. The lowest BCUT2D eigenvalue weighted by Crippen LogP contribution is -1.98. The van der Waals surface area contributed by atoms with Gasteiger partial charge in [0.05, 0.1) is 0 Å². The Balaban J connectivity index is 2.79. The van der Waals surface area contributed by atoms with Gasteiger partial charge in [-0.25, -0.2) is 0 Å². The number of pyridine rings is 1. The van der Waals surface area contributed by atoms with Crippen molar-refractivity contribution in [3.63, 3.8) is 0 Å². The molecule has 11 heavy (non-hydrogen) atoms. The summed E-state index contributed by atoms with van der Waals surface area (Å²) in [5, 5.41) is 0.622. The van der Waals surface area contributed by atoms with Crippen molar-refractivity contribution < 1.29 is 4.79 Å². The molecule has 0 saturated heterocycles. The fourth-order valence-corrected chi connectivity index (χ4v) is 0.983. The smallest absolute Gasteiger partial charge is 0.135 e. The van der Waals surface area contributed by atoms with Gasteiger partial charge in [-0.2, -0.15) is 0 Å². The summed E-state index contributed by atoms with van der Waals surface area (Å²) in [6, 6.07) is 3.38. The minimum absolute atomic E-state index is 0.0970. The van der Waals surface area contributed by atoms with Crippen LogP contribution in [0.15, 0.2) is 18.3 Å². The molecule has 0 aromatic carbocycles. The van der Waals surface area contributed by atoms with Gasteiger partial charge in [0.2, 0.25) is 0 Å². The molecule has 0 aliphatic rings. The van der Waals surface area contributed by atoms with Gasteiger partial charge >= 0.3 is 0 Å². The molecule has 1 aromatic heterocycles. The molecular weight excluding hydrogens is 162 g/mol. The molecule has 0 aliphatic heterocycles. The molecule has 2 nitrogen and oxygen atoms in total. The van der Waals surface area contributed by atoms with Crippen LogP contribution in [0.25, 0.3) is 0 Å². The minimum Gasteiger partial charge on any atom is -0.300 e. The molecule has 3 heteroatoms. The van der Waals surface area contributed by atoms with Crippen LogP contribution in [-0.2, 0) is 11.2 Å². The number of nitrogens with zero attached hydrogens (tertiary/aromatic N) is 1. The van der Waals surface area contributed by atoms with Crippen molar-refractivity contribution in [1.29, 1.82) is 0 Å². The summed E-state index contributed by atoms with van der Waals surface area (Å²) in [7, 11) is 0. The van der Waals surface area contributed by atoms with E-state index in [1.807, 2.05) is 0 Å². The van der Waals surface area contributed by atoms with Crippen LogP contribution in [0.5, 0.6) is 0 Å². The van der Waals surface area contributed by atoms with Crippen molar-refractivity contribution in [2.24, 2.45) is 0 Å². The van der Waals surface area contributed by atoms with Crippen LogP contribution in [-0.4, -0.2) is 10.8 Å². The summed E-state index contributed by atoms with van der Waals surface area (Å²) in [6.07, 6.45) is 1.96.